The van der Waals surface area contributed by atoms with Crippen LogP contribution in [0.2, 0.25) is 0 Å². The number of ether oxygens (including phenoxy) is 1. The minimum Gasteiger partial charge on any atom is -0.380 e. The van der Waals surface area contributed by atoms with E-state index in [1.165, 1.54) is 0 Å². The van der Waals surface area contributed by atoms with Gasteiger partial charge in [-0.25, -0.2) is 0 Å². The average Bonchev–Trinajstić information content (AvgIpc) is 2.40. The first-order valence-corrected chi connectivity index (χ1v) is 6.58. The Labute approximate surface area is 112 Å². The number of rotatable bonds is 5. The molecule has 0 radical (unpaired) electrons. The molecule has 104 valence electrons. The van der Waals surface area contributed by atoms with Crippen LogP contribution >= 0.6 is 0 Å². The van der Waals surface area contributed by atoms with E-state index in [4.69, 9.17) is 4.74 Å². The summed E-state index contributed by atoms with van der Waals surface area (Å²) in [6.45, 7) is 3.94. The lowest BCUT2D eigenvalue weighted by atomic mass is 10.1. The summed E-state index contributed by atoms with van der Waals surface area (Å²) >= 11 is 0. The normalized spacial score (nSPS) is 18.9. The van der Waals surface area contributed by atoms with E-state index in [-0.39, 0.29) is 16.7 Å². The fourth-order valence-electron chi connectivity index (χ4n) is 2.26. The van der Waals surface area contributed by atoms with E-state index < -0.39 is 0 Å². The van der Waals surface area contributed by atoms with Crippen LogP contribution in [0.25, 0.3) is 0 Å². The van der Waals surface area contributed by atoms with E-state index in [1.54, 1.807) is 12.1 Å². The number of nitrogens with zero attached hydrogens (tertiary/aromatic N) is 1. The number of anilines is 2. The number of nitrogens with one attached hydrogen (secondary N) is 2. The average molecular weight is 265 g/mol. The molecule has 2 rings (SSSR count). The van der Waals surface area contributed by atoms with Crippen LogP contribution < -0.4 is 10.6 Å². The van der Waals surface area contributed by atoms with Crippen LogP contribution in [0, 0.1) is 10.1 Å². The monoisotopic (exact) mass is 265 g/mol. The third kappa shape index (κ3) is 3.35. The third-order valence-electron chi connectivity index (χ3n) is 3.11. The Bertz CT molecular complexity index is 445. The highest BCUT2D eigenvalue weighted by atomic mass is 16.6. The Morgan fingerprint density at radius 3 is 2.89 bits per heavy atom. The molecule has 0 saturated carbocycles. The maximum atomic E-state index is 11.3. The van der Waals surface area contributed by atoms with Gasteiger partial charge in [-0.3, -0.25) is 10.1 Å². The van der Waals surface area contributed by atoms with Gasteiger partial charge in [-0.15, -0.1) is 0 Å². The maximum Gasteiger partial charge on any atom is 0.315 e. The van der Waals surface area contributed by atoms with Crippen molar-refractivity contribution in [1.82, 2.24) is 0 Å². The highest BCUT2D eigenvalue weighted by molar-refractivity contribution is 5.76. The van der Waals surface area contributed by atoms with Crippen molar-refractivity contribution in [2.24, 2.45) is 0 Å². The molecule has 19 heavy (non-hydrogen) atoms. The van der Waals surface area contributed by atoms with Gasteiger partial charge in [-0.2, -0.15) is 0 Å². The predicted molar refractivity (Wildman–Crippen MR) is 74.7 cm³/mol. The van der Waals surface area contributed by atoms with Crippen LogP contribution in [0.5, 0.6) is 0 Å². The fraction of sp³-hybridized carbons (Fsp3) is 0.538. The van der Waals surface area contributed by atoms with Crippen molar-refractivity contribution >= 4 is 17.1 Å². The van der Waals surface area contributed by atoms with Gasteiger partial charge < -0.3 is 15.4 Å². The molecule has 0 amide bonds. The maximum absolute atomic E-state index is 11.3. The van der Waals surface area contributed by atoms with Gasteiger partial charge in [-0.1, -0.05) is 6.07 Å². The Balaban J connectivity index is 2.22. The van der Waals surface area contributed by atoms with Crippen molar-refractivity contribution in [2.75, 3.05) is 30.4 Å². The Hall–Kier alpha value is -1.82. The molecule has 0 aromatic heterocycles. The van der Waals surface area contributed by atoms with Crippen molar-refractivity contribution in [3.8, 4) is 0 Å². The van der Waals surface area contributed by atoms with Crippen molar-refractivity contribution in [2.45, 2.75) is 25.8 Å². The van der Waals surface area contributed by atoms with Gasteiger partial charge >= 0.3 is 5.69 Å². The summed E-state index contributed by atoms with van der Waals surface area (Å²) in [7, 11) is 0. The number of hydrogen-bond donors (Lipinski definition) is 2. The molecule has 1 aliphatic heterocycles. The number of nitro groups is 1. The summed E-state index contributed by atoms with van der Waals surface area (Å²) < 4.78 is 5.38. The fourth-order valence-corrected chi connectivity index (χ4v) is 2.26. The molecule has 2 N–H and O–H groups in total. The highest BCUT2D eigenvalue weighted by Crippen LogP contribution is 2.33. The van der Waals surface area contributed by atoms with E-state index >= 15 is 0 Å². The SMILES string of the molecule is CCNc1cccc(NC2CCCOC2)c1[N+](=O)[O-]. The van der Waals surface area contributed by atoms with E-state index in [1.807, 2.05) is 13.0 Å². The van der Waals surface area contributed by atoms with Gasteiger partial charge in [0.15, 0.2) is 0 Å². The molecule has 1 aromatic carbocycles. The molecule has 0 aliphatic carbocycles. The first kappa shape index (κ1) is 13.6. The van der Waals surface area contributed by atoms with Gasteiger partial charge in [-0.05, 0) is 31.9 Å². The Morgan fingerprint density at radius 2 is 2.26 bits per heavy atom. The summed E-state index contributed by atoms with van der Waals surface area (Å²) in [5.41, 5.74) is 1.21. The topological polar surface area (TPSA) is 76.4 Å². The van der Waals surface area contributed by atoms with Crippen LogP contribution in [0.15, 0.2) is 18.2 Å². The number of hydrogen-bond acceptors (Lipinski definition) is 5. The molecule has 6 heteroatoms. The molecule has 1 aliphatic rings. The zero-order valence-electron chi connectivity index (χ0n) is 11.0. The molecule has 0 bridgehead atoms. The summed E-state index contributed by atoms with van der Waals surface area (Å²) in [5, 5.41) is 17.5. The lowest BCUT2D eigenvalue weighted by molar-refractivity contribution is -0.383. The van der Waals surface area contributed by atoms with Crippen LogP contribution in [0.3, 0.4) is 0 Å². The van der Waals surface area contributed by atoms with E-state index in [0.29, 0.717) is 24.5 Å². The molecule has 1 fully saturated rings. The van der Waals surface area contributed by atoms with E-state index in [2.05, 4.69) is 10.6 Å². The van der Waals surface area contributed by atoms with Crippen molar-refractivity contribution in [3.63, 3.8) is 0 Å². The molecule has 0 spiro atoms. The standard InChI is InChI=1S/C13H19N3O3/c1-2-14-11-6-3-7-12(13(11)16(17)18)15-10-5-4-8-19-9-10/h3,6-7,10,14-15H,2,4-5,8-9H2,1H3. The first-order valence-electron chi connectivity index (χ1n) is 6.58. The smallest absolute Gasteiger partial charge is 0.315 e. The number of nitro benzene ring substituents is 1. The molecule has 1 aromatic rings. The van der Waals surface area contributed by atoms with Crippen LogP contribution in [0.4, 0.5) is 17.1 Å². The van der Waals surface area contributed by atoms with E-state index in [9.17, 15) is 10.1 Å². The van der Waals surface area contributed by atoms with Crippen LogP contribution in [-0.4, -0.2) is 30.7 Å². The second-order valence-corrected chi connectivity index (χ2v) is 4.55. The molecule has 6 nitrogen and oxygen atoms in total. The van der Waals surface area contributed by atoms with Crippen molar-refractivity contribution in [3.05, 3.63) is 28.3 Å². The lowest BCUT2D eigenvalue weighted by Crippen LogP contribution is -2.30. The van der Waals surface area contributed by atoms with Gasteiger partial charge in [0.25, 0.3) is 0 Å². The molecule has 1 atom stereocenters. The molecule has 1 saturated heterocycles. The van der Waals surface area contributed by atoms with Gasteiger partial charge in [0.05, 0.1) is 11.5 Å². The van der Waals surface area contributed by atoms with Gasteiger partial charge in [0.2, 0.25) is 0 Å². The molecular formula is C13H19N3O3. The summed E-state index contributed by atoms with van der Waals surface area (Å²) in [5.74, 6) is 0. The van der Waals surface area contributed by atoms with Gasteiger partial charge in [0, 0.05) is 19.2 Å². The Morgan fingerprint density at radius 1 is 1.47 bits per heavy atom. The lowest BCUT2D eigenvalue weighted by Gasteiger charge is -2.24. The first-order chi connectivity index (χ1) is 9.22. The zero-order valence-corrected chi connectivity index (χ0v) is 11.0. The van der Waals surface area contributed by atoms with Crippen LogP contribution in [0.1, 0.15) is 19.8 Å². The van der Waals surface area contributed by atoms with Crippen molar-refractivity contribution in [1.29, 1.82) is 0 Å². The number of para-hydroxylation sites is 1. The van der Waals surface area contributed by atoms with E-state index in [0.717, 1.165) is 19.4 Å². The number of benzene rings is 1. The molecular weight excluding hydrogens is 246 g/mol. The summed E-state index contributed by atoms with van der Waals surface area (Å²) in [4.78, 5) is 10.9. The van der Waals surface area contributed by atoms with Gasteiger partial charge in [0.1, 0.15) is 11.4 Å². The Kier molecular flexibility index (Phi) is 4.57. The zero-order chi connectivity index (χ0) is 13.7. The molecule has 1 unspecified atom stereocenters. The quantitative estimate of drug-likeness (QED) is 0.632. The highest BCUT2D eigenvalue weighted by Gasteiger charge is 2.22. The summed E-state index contributed by atoms with van der Waals surface area (Å²) in [6.07, 6.45) is 1.96. The minimum absolute atomic E-state index is 0.106. The molecule has 1 heterocycles. The minimum atomic E-state index is -0.343. The largest absolute Gasteiger partial charge is 0.380 e. The second-order valence-electron chi connectivity index (χ2n) is 4.55. The van der Waals surface area contributed by atoms with Crippen molar-refractivity contribution < 1.29 is 9.66 Å². The summed E-state index contributed by atoms with van der Waals surface area (Å²) in [6, 6.07) is 5.43. The second kappa shape index (κ2) is 6.38. The van der Waals surface area contributed by atoms with Crippen LogP contribution in [-0.2, 0) is 4.74 Å². The predicted octanol–water partition coefficient (Wildman–Crippen LogP) is 2.62. The third-order valence-corrected chi connectivity index (χ3v) is 3.11.